The number of hydrogen-bond acceptors (Lipinski definition) is 18. The Kier molecular flexibility index (Phi) is 17.5. The number of aromatic nitrogens is 4. The number of aliphatic hydroxyl groups is 2. The fourth-order valence-corrected chi connectivity index (χ4v) is 8.69. The number of phosphoric acid groups is 3. The fraction of sp³-hybridized carbons (Fsp3) is 0.714. The van der Waals surface area contributed by atoms with E-state index in [1.54, 1.807) is 0 Å². The van der Waals surface area contributed by atoms with Gasteiger partial charge < -0.3 is 50.9 Å². The van der Waals surface area contributed by atoms with Gasteiger partial charge in [-0.15, -0.1) is 0 Å². The molecule has 318 valence electrons. The highest BCUT2D eigenvalue weighted by Crippen LogP contribution is 2.61. The Morgan fingerprint density at radius 2 is 1.75 bits per heavy atom. The number of ether oxygens (including phenoxy) is 1. The lowest BCUT2D eigenvalue weighted by Gasteiger charge is -2.30. The Labute approximate surface area is 325 Å². The van der Waals surface area contributed by atoms with Gasteiger partial charge in [-0.25, -0.2) is 28.6 Å². The van der Waals surface area contributed by atoms with E-state index in [-0.39, 0.29) is 47.5 Å². The Morgan fingerprint density at radius 1 is 1.07 bits per heavy atom. The molecule has 0 spiro atoms. The first-order valence-electron chi connectivity index (χ1n) is 17.0. The van der Waals surface area contributed by atoms with Crippen molar-refractivity contribution in [2.45, 2.75) is 84.0 Å². The summed E-state index contributed by atoms with van der Waals surface area (Å²) in [7, 11) is -16.4. The number of thioether (sulfide) groups is 1. The van der Waals surface area contributed by atoms with Crippen molar-refractivity contribution < 1.29 is 80.5 Å². The van der Waals surface area contributed by atoms with Gasteiger partial charge in [-0.2, -0.15) is 4.31 Å². The summed E-state index contributed by atoms with van der Waals surface area (Å²) in [5.41, 5.74) is 4.27. The van der Waals surface area contributed by atoms with Crippen molar-refractivity contribution in [3.63, 3.8) is 0 Å². The molecular formula is C28H48N7O17P3S. The topological polar surface area (TPSA) is 364 Å². The number of anilines is 1. The van der Waals surface area contributed by atoms with Crippen molar-refractivity contribution >= 4 is 69.1 Å². The normalized spacial score (nSPS) is 22.2. The molecule has 4 unspecified atom stereocenters. The Morgan fingerprint density at radius 3 is 2.41 bits per heavy atom. The third kappa shape index (κ3) is 14.4. The summed E-state index contributed by atoms with van der Waals surface area (Å²) in [6.45, 7) is 4.44. The molecule has 2 aromatic heterocycles. The number of carbonyl (C=O) groups is 3. The number of amides is 2. The van der Waals surface area contributed by atoms with E-state index in [9.17, 15) is 57.9 Å². The zero-order valence-corrected chi connectivity index (χ0v) is 34.3. The molecule has 1 aliphatic heterocycles. The third-order valence-electron chi connectivity index (χ3n) is 8.14. The number of rotatable bonds is 23. The van der Waals surface area contributed by atoms with Crippen LogP contribution in [0.1, 0.15) is 59.6 Å². The molecule has 3 rings (SSSR count). The zero-order valence-electron chi connectivity index (χ0n) is 30.8. The number of nitrogens with zero attached hydrogens (tertiary/aromatic N) is 4. The maximum absolute atomic E-state index is 12.7. The lowest BCUT2D eigenvalue weighted by molar-refractivity contribution is -0.137. The molecule has 8 atom stereocenters. The van der Waals surface area contributed by atoms with Crippen LogP contribution in [0.4, 0.5) is 5.82 Å². The van der Waals surface area contributed by atoms with Crippen LogP contribution in [0.25, 0.3) is 11.2 Å². The van der Waals surface area contributed by atoms with E-state index in [1.165, 1.54) is 13.8 Å². The summed E-state index contributed by atoms with van der Waals surface area (Å²) in [6.07, 6.45) is -4.15. The smallest absolute Gasteiger partial charge is 0.386 e. The number of carbonyl (C=O) groups excluding carboxylic acids is 3. The Bertz CT molecular complexity index is 1820. The second-order valence-corrected chi connectivity index (χ2v) is 18.6. The minimum Gasteiger partial charge on any atom is -0.386 e. The molecule has 0 aliphatic carbocycles. The van der Waals surface area contributed by atoms with Crippen LogP contribution < -0.4 is 16.4 Å². The van der Waals surface area contributed by atoms with Gasteiger partial charge in [-0.1, -0.05) is 52.3 Å². The number of hydrogen-bond donors (Lipinski definition) is 9. The summed E-state index contributed by atoms with van der Waals surface area (Å²) in [5.74, 6) is -1.13. The minimum absolute atomic E-state index is 0.0318. The highest BCUT2D eigenvalue weighted by atomic mass is 32.2. The molecule has 1 saturated heterocycles. The summed E-state index contributed by atoms with van der Waals surface area (Å²) in [5, 5.41) is 26.5. The number of nitrogens with two attached hydrogens (primary N) is 1. The van der Waals surface area contributed by atoms with Crippen molar-refractivity contribution in [3.8, 4) is 0 Å². The predicted octanol–water partition coefficient (Wildman–Crippen LogP) is 0.491. The number of nitrogen functional groups attached to an aromatic ring is 1. The Hall–Kier alpha value is -2.44. The maximum Gasteiger partial charge on any atom is 0.481 e. The number of imidazole rings is 1. The molecular weight excluding hydrogens is 831 g/mol. The fourth-order valence-electron chi connectivity index (χ4n) is 5.05. The number of aliphatic hydroxyl groups excluding tert-OH is 2. The van der Waals surface area contributed by atoms with E-state index in [0.717, 1.165) is 48.2 Å². The maximum atomic E-state index is 12.7. The van der Waals surface area contributed by atoms with Crippen molar-refractivity contribution in [2.75, 3.05) is 37.8 Å². The molecule has 0 saturated carbocycles. The quantitative estimate of drug-likeness (QED) is 0.0542. The SMILES string of the molecule is CCCCC(C)C(=O)SCCNC(=O)CCNC(=O)C(O)C(C)(C)COP(=O)(O)OP(=O)(O)OC[C@H]1O[C@@H](n2cnc3c(N)ncnc32)[C@H](O)[C@@H]1OP(=O)(O)O. The molecule has 2 amide bonds. The molecule has 0 bridgehead atoms. The average Bonchev–Trinajstić information content (AvgIpc) is 3.66. The molecule has 56 heavy (non-hydrogen) atoms. The van der Waals surface area contributed by atoms with Gasteiger partial charge in [-0.05, 0) is 6.42 Å². The summed E-state index contributed by atoms with van der Waals surface area (Å²) in [4.78, 5) is 87.7. The van der Waals surface area contributed by atoms with Gasteiger partial charge in [0.05, 0.1) is 19.5 Å². The predicted molar refractivity (Wildman–Crippen MR) is 196 cm³/mol. The van der Waals surface area contributed by atoms with Gasteiger partial charge in [0.2, 0.25) is 11.8 Å². The van der Waals surface area contributed by atoms with Gasteiger partial charge in [0.25, 0.3) is 0 Å². The first kappa shape index (κ1) is 47.9. The van der Waals surface area contributed by atoms with E-state index in [2.05, 4.69) is 34.4 Å². The first-order chi connectivity index (χ1) is 26.0. The molecule has 0 radical (unpaired) electrons. The molecule has 2 aromatic rings. The zero-order chi connectivity index (χ0) is 42.1. The second-order valence-electron chi connectivity index (χ2n) is 13.3. The molecule has 10 N–H and O–H groups in total. The Balaban J connectivity index is 1.48. The molecule has 28 heteroatoms. The van der Waals surface area contributed by atoms with Crippen LogP contribution in [-0.2, 0) is 50.7 Å². The van der Waals surface area contributed by atoms with Crippen LogP contribution in [0.15, 0.2) is 12.7 Å². The van der Waals surface area contributed by atoms with Crippen LogP contribution >= 0.6 is 35.2 Å². The number of nitrogens with one attached hydrogen (secondary N) is 2. The molecule has 1 fully saturated rings. The summed E-state index contributed by atoms with van der Waals surface area (Å²) < 4.78 is 62.1. The molecule has 24 nitrogen and oxygen atoms in total. The van der Waals surface area contributed by atoms with E-state index < -0.39 is 84.6 Å². The van der Waals surface area contributed by atoms with E-state index in [0.29, 0.717) is 5.75 Å². The highest BCUT2D eigenvalue weighted by molar-refractivity contribution is 8.13. The molecule has 1 aliphatic rings. The van der Waals surface area contributed by atoms with Gasteiger partial charge in [0.15, 0.2) is 22.8 Å². The van der Waals surface area contributed by atoms with Crippen LogP contribution in [0.2, 0.25) is 0 Å². The largest absolute Gasteiger partial charge is 0.481 e. The van der Waals surface area contributed by atoms with Crippen molar-refractivity contribution in [3.05, 3.63) is 12.7 Å². The molecule has 0 aromatic carbocycles. The summed E-state index contributed by atoms with van der Waals surface area (Å²) in [6, 6.07) is 0. The lowest BCUT2D eigenvalue weighted by Crippen LogP contribution is -2.46. The van der Waals surface area contributed by atoms with Crippen molar-refractivity contribution in [1.29, 1.82) is 0 Å². The standard InChI is InChI=1S/C28H48N7O17P3S/c1-5-6-7-16(2)27(40)56-11-10-30-18(36)8-9-31-25(39)22(38)28(3,4)13-49-55(46,47)52-54(44,45)48-12-17-21(51-53(41,42)43)20(37)26(50-17)35-15-34-19-23(29)32-14-33-24(19)35/h14-17,20-22,26,37-38H,5-13H2,1-4H3,(H,30,36)(H,31,39)(H,44,45)(H,46,47)(H2,29,32,33)(H2,41,42,43)/t16?,17-,20-,21-,22?,26-/m1/s1. The average molecular weight is 880 g/mol. The number of phosphoric ester groups is 3. The van der Waals surface area contributed by atoms with Gasteiger partial charge in [-0.3, -0.25) is 32.5 Å². The van der Waals surface area contributed by atoms with Crippen LogP contribution in [0.3, 0.4) is 0 Å². The van der Waals surface area contributed by atoms with E-state index >= 15 is 0 Å². The lowest BCUT2D eigenvalue weighted by atomic mass is 9.87. The highest BCUT2D eigenvalue weighted by Gasteiger charge is 2.50. The van der Waals surface area contributed by atoms with Crippen molar-refractivity contribution in [2.24, 2.45) is 11.3 Å². The van der Waals surface area contributed by atoms with Gasteiger partial charge in [0, 0.05) is 36.6 Å². The number of fused-ring (bicyclic) bond motifs is 1. The minimum atomic E-state index is -5.57. The van der Waals surface area contributed by atoms with Gasteiger partial charge >= 0.3 is 23.5 Å². The van der Waals surface area contributed by atoms with Crippen LogP contribution in [0, 0.1) is 11.3 Å². The molecule has 3 heterocycles. The number of unbranched alkanes of at least 4 members (excludes halogenated alkanes) is 1. The van der Waals surface area contributed by atoms with E-state index in [4.69, 9.17) is 19.5 Å². The van der Waals surface area contributed by atoms with Gasteiger partial charge in [0.1, 0.15) is 36.3 Å². The van der Waals surface area contributed by atoms with Crippen LogP contribution in [0.5, 0.6) is 0 Å². The second kappa shape index (κ2) is 20.5. The summed E-state index contributed by atoms with van der Waals surface area (Å²) >= 11 is 1.13. The van der Waals surface area contributed by atoms with Crippen LogP contribution in [-0.4, -0.2) is 123 Å². The third-order valence-corrected chi connectivity index (χ3v) is 12.3. The van der Waals surface area contributed by atoms with E-state index in [1.807, 2.05) is 13.8 Å². The monoisotopic (exact) mass is 879 g/mol. The van der Waals surface area contributed by atoms with Crippen molar-refractivity contribution in [1.82, 2.24) is 30.2 Å². The first-order valence-corrected chi connectivity index (χ1v) is 22.5.